The minimum absolute atomic E-state index is 0.0988. The van der Waals surface area contributed by atoms with Gasteiger partial charge in [0.25, 0.3) is 0 Å². The van der Waals surface area contributed by atoms with Crippen LogP contribution >= 0.6 is 0 Å². The van der Waals surface area contributed by atoms with Crippen molar-refractivity contribution in [2.45, 2.75) is 59.5 Å². The molecule has 8 nitrogen and oxygen atoms in total. The van der Waals surface area contributed by atoms with E-state index in [1.165, 1.54) is 16.7 Å². The van der Waals surface area contributed by atoms with Crippen molar-refractivity contribution in [1.82, 2.24) is 19.4 Å². The third-order valence-electron chi connectivity index (χ3n) is 7.64. The summed E-state index contributed by atoms with van der Waals surface area (Å²) in [6.07, 6.45) is 4.15. The number of amides is 1. The lowest BCUT2D eigenvalue weighted by Crippen LogP contribution is -2.48. The number of carbonyl (C=O) groups is 1. The van der Waals surface area contributed by atoms with Crippen molar-refractivity contribution in [3.8, 4) is 5.88 Å². The second-order valence-corrected chi connectivity index (χ2v) is 10.3. The lowest BCUT2D eigenvalue weighted by Gasteiger charge is -2.35. The molecule has 186 valence electrons. The van der Waals surface area contributed by atoms with Crippen molar-refractivity contribution in [3.05, 3.63) is 41.1 Å². The number of aromatic hydroxyl groups is 1. The number of aromatic nitrogens is 3. The van der Waals surface area contributed by atoms with E-state index in [2.05, 4.69) is 55.7 Å². The van der Waals surface area contributed by atoms with E-state index >= 15 is 0 Å². The summed E-state index contributed by atoms with van der Waals surface area (Å²) < 4.78 is 1.88. The smallest absolute Gasteiger partial charge is 0.228 e. The van der Waals surface area contributed by atoms with Gasteiger partial charge in [0, 0.05) is 51.9 Å². The molecule has 5 rings (SSSR count). The Hall–Kier alpha value is -3.29. The zero-order valence-corrected chi connectivity index (χ0v) is 21.5. The number of nitrogens with zero attached hydrogens (tertiary/aromatic N) is 6. The van der Waals surface area contributed by atoms with Gasteiger partial charge in [0.1, 0.15) is 11.3 Å². The summed E-state index contributed by atoms with van der Waals surface area (Å²) in [4.78, 5) is 28.2. The zero-order chi connectivity index (χ0) is 24.9. The first-order valence-electron chi connectivity index (χ1n) is 12.7. The summed E-state index contributed by atoms with van der Waals surface area (Å²) in [5.41, 5.74) is 4.50. The van der Waals surface area contributed by atoms with Gasteiger partial charge in [0.15, 0.2) is 0 Å². The molecule has 1 N–H and O–H groups in total. The fraction of sp³-hybridized carbons (Fsp3) is 0.519. The highest BCUT2D eigenvalue weighted by Crippen LogP contribution is 2.42. The number of fused-ring (bicyclic) bond motifs is 1. The highest BCUT2D eigenvalue weighted by molar-refractivity contribution is 5.94. The molecule has 0 spiro atoms. The Morgan fingerprint density at radius 3 is 2.46 bits per heavy atom. The Morgan fingerprint density at radius 2 is 1.80 bits per heavy atom. The number of benzene rings is 1. The Kier molecular flexibility index (Phi) is 6.07. The number of anilines is 2. The Balaban J connectivity index is 1.59. The maximum Gasteiger partial charge on any atom is 0.228 e. The quantitative estimate of drug-likeness (QED) is 0.603. The molecule has 3 aromatic rings. The van der Waals surface area contributed by atoms with Gasteiger partial charge < -0.3 is 24.4 Å². The third-order valence-corrected chi connectivity index (χ3v) is 7.64. The molecule has 2 aliphatic rings. The van der Waals surface area contributed by atoms with Crippen molar-refractivity contribution in [2.75, 3.05) is 42.5 Å². The van der Waals surface area contributed by atoms with Crippen LogP contribution in [0.25, 0.3) is 10.9 Å². The summed E-state index contributed by atoms with van der Waals surface area (Å²) in [6.45, 7) is 13.6. The molecule has 2 saturated heterocycles. The van der Waals surface area contributed by atoms with E-state index in [9.17, 15) is 9.90 Å². The topological polar surface area (TPSA) is 77.7 Å². The maximum absolute atomic E-state index is 11.8. The average molecular weight is 477 g/mol. The first-order valence-corrected chi connectivity index (χ1v) is 12.7. The van der Waals surface area contributed by atoms with Crippen LogP contribution in [0.3, 0.4) is 0 Å². The van der Waals surface area contributed by atoms with Crippen molar-refractivity contribution in [3.63, 3.8) is 0 Å². The molecule has 1 aromatic carbocycles. The van der Waals surface area contributed by atoms with Crippen LogP contribution in [0.1, 0.15) is 62.4 Å². The summed E-state index contributed by atoms with van der Waals surface area (Å²) >= 11 is 0. The first-order chi connectivity index (χ1) is 16.7. The Bertz CT molecular complexity index is 1260. The lowest BCUT2D eigenvalue weighted by molar-refractivity contribution is -0.129. The first kappa shape index (κ1) is 23.5. The molecule has 2 aromatic heterocycles. The maximum atomic E-state index is 11.8. The predicted octanol–water partition coefficient (Wildman–Crippen LogP) is 4.34. The predicted molar refractivity (Wildman–Crippen MR) is 139 cm³/mol. The van der Waals surface area contributed by atoms with Gasteiger partial charge >= 0.3 is 0 Å². The highest BCUT2D eigenvalue weighted by Gasteiger charge is 2.32. The summed E-state index contributed by atoms with van der Waals surface area (Å²) in [5, 5.41) is 12.0. The van der Waals surface area contributed by atoms with E-state index in [1.54, 1.807) is 6.92 Å². The van der Waals surface area contributed by atoms with Gasteiger partial charge in [-0.05, 0) is 57.2 Å². The molecule has 0 saturated carbocycles. The van der Waals surface area contributed by atoms with Crippen LogP contribution in [0.4, 0.5) is 11.8 Å². The molecule has 0 radical (unpaired) electrons. The normalized spacial score (nSPS) is 18.8. The summed E-state index contributed by atoms with van der Waals surface area (Å²) in [7, 11) is 0. The number of rotatable bonds is 4. The lowest BCUT2D eigenvalue weighted by atomic mass is 9.99. The molecule has 2 fully saturated rings. The second kappa shape index (κ2) is 9.06. The average Bonchev–Trinajstić information content (AvgIpc) is 3.45. The second-order valence-electron chi connectivity index (χ2n) is 10.3. The van der Waals surface area contributed by atoms with Gasteiger partial charge in [-0.2, -0.15) is 4.98 Å². The molecular weight excluding hydrogens is 440 g/mol. The Morgan fingerprint density at radius 1 is 1.06 bits per heavy atom. The summed E-state index contributed by atoms with van der Waals surface area (Å²) in [5.74, 6) is 1.79. The monoisotopic (exact) mass is 476 g/mol. The van der Waals surface area contributed by atoms with Gasteiger partial charge in [0.2, 0.25) is 17.7 Å². The number of piperazine rings is 1. The number of hydrogen-bond donors (Lipinski definition) is 1. The van der Waals surface area contributed by atoms with Crippen LogP contribution in [0.15, 0.2) is 24.4 Å². The summed E-state index contributed by atoms with van der Waals surface area (Å²) in [6, 6.07) is 7.09. The zero-order valence-electron chi connectivity index (χ0n) is 21.5. The van der Waals surface area contributed by atoms with Crippen LogP contribution in [0, 0.1) is 13.8 Å². The SMILES string of the molecule is CC(=O)N1CCN(c2nc(N3CCCC3c3ccc(C)c(C)c3)c3cn(C(C)C)c(O)c3n2)CC1. The van der Waals surface area contributed by atoms with Crippen molar-refractivity contribution in [1.29, 1.82) is 0 Å². The van der Waals surface area contributed by atoms with Crippen LogP contribution in [0.2, 0.25) is 0 Å². The van der Waals surface area contributed by atoms with Crippen molar-refractivity contribution < 1.29 is 9.90 Å². The van der Waals surface area contributed by atoms with Gasteiger partial charge in [-0.25, -0.2) is 4.98 Å². The molecule has 2 aliphatic heterocycles. The minimum atomic E-state index is 0.0988. The van der Waals surface area contributed by atoms with Crippen LogP contribution in [-0.4, -0.2) is 63.2 Å². The largest absolute Gasteiger partial charge is 0.493 e. The van der Waals surface area contributed by atoms with Gasteiger partial charge in [-0.1, -0.05) is 18.2 Å². The highest BCUT2D eigenvalue weighted by atomic mass is 16.3. The molecule has 0 aliphatic carbocycles. The molecule has 1 atom stereocenters. The molecule has 0 bridgehead atoms. The van der Waals surface area contributed by atoms with E-state index < -0.39 is 0 Å². The van der Waals surface area contributed by atoms with Gasteiger partial charge in [-0.3, -0.25) is 4.79 Å². The number of hydrogen-bond acceptors (Lipinski definition) is 6. The van der Waals surface area contributed by atoms with Crippen molar-refractivity contribution >= 4 is 28.6 Å². The molecule has 8 heteroatoms. The van der Waals surface area contributed by atoms with Crippen LogP contribution < -0.4 is 9.80 Å². The molecule has 1 unspecified atom stereocenters. The minimum Gasteiger partial charge on any atom is -0.493 e. The number of aryl methyl sites for hydroxylation is 2. The Labute approximate surface area is 207 Å². The van der Waals surface area contributed by atoms with Crippen LogP contribution in [0.5, 0.6) is 5.88 Å². The molecule has 4 heterocycles. The molecule has 1 amide bonds. The van der Waals surface area contributed by atoms with Gasteiger partial charge in [0.05, 0.1) is 11.4 Å². The standard InChI is InChI=1S/C27H36N6O2/c1-17(2)33-16-22-24(26(33)35)28-27(31-13-11-30(12-14-31)20(5)34)29-25(22)32-10-6-7-23(32)21-9-8-18(3)19(4)15-21/h8-9,15-17,23,35H,6-7,10-14H2,1-5H3. The van der Waals surface area contributed by atoms with E-state index in [4.69, 9.17) is 9.97 Å². The fourth-order valence-electron chi connectivity index (χ4n) is 5.37. The van der Waals surface area contributed by atoms with Crippen LogP contribution in [-0.2, 0) is 4.79 Å². The van der Waals surface area contributed by atoms with Gasteiger partial charge in [-0.15, -0.1) is 0 Å². The van der Waals surface area contributed by atoms with Crippen molar-refractivity contribution in [2.24, 2.45) is 0 Å². The third kappa shape index (κ3) is 4.19. The van der Waals surface area contributed by atoms with E-state index in [-0.39, 0.29) is 23.9 Å². The molecular formula is C27H36N6O2. The fourth-order valence-corrected chi connectivity index (χ4v) is 5.37. The van der Waals surface area contributed by atoms with E-state index in [0.717, 1.165) is 30.6 Å². The van der Waals surface area contributed by atoms with E-state index in [0.29, 0.717) is 37.6 Å². The number of carbonyl (C=O) groups excluding carboxylic acids is 1. The molecule has 35 heavy (non-hydrogen) atoms. The van der Waals surface area contributed by atoms with E-state index in [1.807, 2.05) is 15.7 Å².